The zero-order chi connectivity index (χ0) is 8.97. The molecule has 0 saturated carbocycles. The maximum absolute atomic E-state index is 11.3. The van der Waals surface area contributed by atoms with E-state index in [9.17, 15) is 4.79 Å². The van der Waals surface area contributed by atoms with Gasteiger partial charge in [-0.3, -0.25) is 4.79 Å². The number of hydrogen-bond acceptors (Lipinski definition) is 3. The quantitative estimate of drug-likeness (QED) is 0.494. The molecule has 12 heavy (non-hydrogen) atoms. The van der Waals surface area contributed by atoms with Crippen LogP contribution in [0.5, 0.6) is 0 Å². The molecule has 0 aromatic heterocycles. The molecule has 1 amide bonds. The van der Waals surface area contributed by atoms with Crippen molar-refractivity contribution < 1.29 is 9.90 Å². The van der Waals surface area contributed by atoms with Gasteiger partial charge in [-0.25, -0.2) is 5.32 Å². The lowest BCUT2D eigenvalue weighted by Crippen LogP contribution is -2.51. The molecule has 0 aromatic carbocycles. The minimum Gasteiger partial charge on any atom is -0.394 e. The lowest BCUT2D eigenvalue weighted by Gasteiger charge is -2.28. The van der Waals surface area contributed by atoms with E-state index in [1.54, 1.807) is 4.90 Å². The number of hydrogen-bond donors (Lipinski definition) is 2. The van der Waals surface area contributed by atoms with E-state index in [4.69, 9.17) is 10.8 Å². The second-order valence-electron chi connectivity index (χ2n) is 2.79. The van der Waals surface area contributed by atoms with Gasteiger partial charge in [0.1, 0.15) is 6.04 Å². The van der Waals surface area contributed by atoms with Crippen LogP contribution >= 0.6 is 0 Å². The van der Waals surface area contributed by atoms with E-state index in [1.165, 1.54) is 0 Å². The van der Waals surface area contributed by atoms with Crippen molar-refractivity contribution in [2.45, 2.75) is 6.04 Å². The molecule has 3 N–H and O–H groups in total. The highest BCUT2D eigenvalue weighted by Crippen LogP contribution is 1.96. The Morgan fingerprint density at radius 1 is 1.58 bits per heavy atom. The van der Waals surface area contributed by atoms with Gasteiger partial charge in [-0.1, -0.05) is 0 Å². The van der Waals surface area contributed by atoms with E-state index in [0.29, 0.717) is 26.2 Å². The minimum absolute atomic E-state index is 0.174. The molecule has 1 saturated heterocycles. The molecule has 0 unspecified atom stereocenters. The molecular formula is C7H14N3O2. The summed E-state index contributed by atoms with van der Waals surface area (Å²) >= 11 is 0. The monoisotopic (exact) mass is 172 g/mol. The van der Waals surface area contributed by atoms with E-state index in [1.807, 2.05) is 0 Å². The van der Waals surface area contributed by atoms with Crippen LogP contribution in [-0.2, 0) is 4.79 Å². The van der Waals surface area contributed by atoms with Gasteiger partial charge in [0, 0.05) is 26.2 Å². The zero-order valence-electron chi connectivity index (χ0n) is 6.94. The first-order valence-electron chi connectivity index (χ1n) is 4.04. The molecule has 69 valence electrons. The fraction of sp³-hybridized carbons (Fsp3) is 0.857. The van der Waals surface area contributed by atoms with Gasteiger partial charge in [0.15, 0.2) is 0 Å². The highest BCUT2D eigenvalue weighted by molar-refractivity contribution is 5.81. The molecule has 5 heteroatoms. The number of piperazine rings is 1. The van der Waals surface area contributed by atoms with Gasteiger partial charge in [0.2, 0.25) is 5.91 Å². The summed E-state index contributed by atoms with van der Waals surface area (Å²) in [5.74, 6) is -0.174. The minimum atomic E-state index is -0.761. The van der Waals surface area contributed by atoms with Crippen molar-refractivity contribution in [2.24, 2.45) is 5.73 Å². The number of carbonyl (C=O) groups is 1. The number of amides is 1. The Hall–Kier alpha value is -0.650. The lowest BCUT2D eigenvalue weighted by molar-refractivity contribution is -0.134. The molecule has 0 bridgehead atoms. The lowest BCUT2D eigenvalue weighted by atomic mass is 10.2. The van der Waals surface area contributed by atoms with E-state index >= 15 is 0 Å². The molecule has 0 spiro atoms. The summed E-state index contributed by atoms with van der Waals surface area (Å²) in [5.41, 5.74) is 5.38. The van der Waals surface area contributed by atoms with Crippen LogP contribution in [0.15, 0.2) is 0 Å². The number of carbonyl (C=O) groups excluding carboxylic acids is 1. The van der Waals surface area contributed by atoms with Crippen LogP contribution in [0.3, 0.4) is 0 Å². The van der Waals surface area contributed by atoms with Gasteiger partial charge in [0.25, 0.3) is 0 Å². The maximum atomic E-state index is 11.3. The highest BCUT2D eigenvalue weighted by Gasteiger charge is 2.21. The Morgan fingerprint density at radius 2 is 2.17 bits per heavy atom. The Kier molecular flexibility index (Phi) is 3.46. The SMILES string of the molecule is N[C@@H](CO)C(=O)N1CC[N]CC1. The third-order valence-corrected chi connectivity index (χ3v) is 1.88. The summed E-state index contributed by atoms with van der Waals surface area (Å²) in [7, 11) is 0. The first kappa shape index (κ1) is 9.44. The Balaban J connectivity index is 2.39. The number of rotatable bonds is 2. The predicted octanol–water partition coefficient (Wildman–Crippen LogP) is -2.25. The van der Waals surface area contributed by atoms with Crippen LogP contribution in [0.4, 0.5) is 0 Å². The van der Waals surface area contributed by atoms with Crippen molar-refractivity contribution in [3.63, 3.8) is 0 Å². The Labute approximate surface area is 71.5 Å². The van der Waals surface area contributed by atoms with E-state index in [0.717, 1.165) is 0 Å². The van der Waals surface area contributed by atoms with E-state index in [-0.39, 0.29) is 12.5 Å². The van der Waals surface area contributed by atoms with Crippen molar-refractivity contribution in [1.82, 2.24) is 10.2 Å². The first-order chi connectivity index (χ1) is 5.75. The van der Waals surface area contributed by atoms with Crippen LogP contribution in [-0.4, -0.2) is 54.7 Å². The van der Waals surface area contributed by atoms with Crippen LogP contribution in [0.2, 0.25) is 0 Å². The Bertz CT molecular complexity index is 157. The summed E-state index contributed by atoms with van der Waals surface area (Å²) in [6, 6.07) is -0.761. The normalized spacial score (nSPS) is 20.7. The fourth-order valence-electron chi connectivity index (χ4n) is 1.14. The molecule has 1 rings (SSSR count). The molecule has 5 nitrogen and oxygen atoms in total. The highest BCUT2D eigenvalue weighted by atomic mass is 16.3. The molecule has 1 aliphatic heterocycles. The maximum Gasteiger partial charge on any atom is 0.241 e. The average Bonchev–Trinajstić information content (AvgIpc) is 2.17. The van der Waals surface area contributed by atoms with Gasteiger partial charge < -0.3 is 15.7 Å². The van der Waals surface area contributed by atoms with Crippen LogP contribution in [0.25, 0.3) is 0 Å². The summed E-state index contributed by atoms with van der Waals surface area (Å²) in [4.78, 5) is 13.0. The van der Waals surface area contributed by atoms with Crippen molar-refractivity contribution in [2.75, 3.05) is 32.8 Å². The van der Waals surface area contributed by atoms with Gasteiger partial charge in [-0.15, -0.1) is 0 Å². The van der Waals surface area contributed by atoms with Crippen LogP contribution in [0.1, 0.15) is 0 Å². The van der Waals surface area contributed by atoms with Crippen molar-refractivity contribution >= 4 is 5.91 Å². The van der Waals surface area contributed by atoms with Crippen LogP contribution < -0.4 is 11.1 Å². The second-order valence-corrected chi connectivity index (χ2v) is 2.79. The molecule has 1 atom stereocenters. The van der Waals surface area contributed by atoms with Gasteiger partial charge in [0.05, 0.1) is 6.61 Å². The largest absolute Gasteiger partial charge is 0.394 e. The number of aliphatic hydroxyl groups excluding tert-OH is 1. The van der Waals surface area contributed by atoms with Crippen molar-refractivity contribution in [3.8, 4) is 0 Å². The third-order valence-electron chi connectivity index (χ3n) is 1.88. The molecule has 1 fully saturated rings. The predicted molar refractivity (Wildman–Crippen MR) is 43.5 cm³/mol. The van der Waals surface area contributed by atoms with E-state index < -0.39 is 6.04 Å². The molecule has 0 aromatic rings. The average molecular weight is 172 g/mol. The standard InChI is InChI=1S/C7H14N3O2/c8-6(5-11)7(12)10-3-1-9-2-4-10/h6,11H,1-5,8H2/t6-/m0/s1. The topological polar surface area (TPSA) is 80.7 Å². The second kappa shape index (κ2) is 4.39. The first-order valence-corrected chi connectivity index (χ1v) is 4.04. The summed E-state index contributed by atoms with van der Waals surface area (Å²) < 4.78 is 0. The summed E-state index contributed by atoms with van der Waals surface area (Å²) in [6.45, 7) is 2.35. The zero-order valence-corrected chi connectivity index (χ0v) is 6.94. The van der Waals surface area contributed by atoms with Crippen LogP contribution in [0, 0.1) is 0 Å². The molecule has 0 aliphatic carbocycles. The summed E-state index contributed by atoms with van der Waals surface area (Å²) in [6.07, 6.45) is 0. The molecular weight excluding hydrogens is 158 g/mol. The third kappa shape index (κ3) is 2.17. The summed E-state index contributed by atoms with van der Waals surface area (Å²) in [5, 5.41) is 12.7. The molecule has 1 aliphatic rings. The van der Waals surface area contributed by atoms with Crippen molar-refractivity contribution in [3.05, 3.63) is 0 Å². The van der Waals surface area contributed by atoms with Crippen molar-refractivity contribution in [1.29, 1.82) is 0 Å². The van der Waals surface area contributed by atoms with Gasteiger partial charge in [-0.2, -0.15) is 0 Å². The smallest absolute Gasteiger partial charge is 0.241 e. The number of aliphatic hydroxyl groups is 1. The Morgan fingerprint density at radius 3 is 2.67 bits per heavy atom. The van der Waals surface area contributed by atoms with Gasteiger partial charge in [-0.05, 0) is 0 Å². The molecule has 1 radical (unpaired) electrons. The number of nitrogens with zero attached hydrogens (tertiary/aromatic N) is 2. The van der Waals surface area contributed by atoms with Gasteiger partial charge >= 0.3 is 0 Å². The molecule has 1 heterocycles. The fourth-order valence-corrected chi connectivity index (χ4v) is 1.14. The number of nitrogens with two attached hydrogens (primary N) is 1. The van der Waals surface area contributed by atoms with E-state index in [2.05, 4.69) is 5.32 Å².